The number of nitrogens with zero attached hydrogens (tertiary/aromatic N) is 2. The molecule has 0 bridgehead atoms. The van der Waals surface area contributed by atoms with Gasteiger partial charge in [0.2, 0.25) is 11.9 Å². The topological polar surface area (TPSA) is 53.0 Å². The standard InChI is InChI=1S/C10H10N2O2/c1-7-4-3-5-8(2)10(7)12-6-9(13)14-11-12/h3-6H,1-2H3. The van der Waals surface area contributed by atoms with Gasteiger partial charge in [-0.1, -0.05) is 18.2 Å². The molecule has 0 N–H and O–H groups in total. The number of benzene rings is 1. The zero-order valence-corrected chi connectivity index (χ0v) is 8.02. The van der Waals surface area contributed by atoms with Crippen molar-refractivity contribution < 1.29 is 14.3 Å². The molecule has 0 amide bonds. The summed E-state index contributed by atoms with van der Waals surface area (Å²) in [6, 6.07) is 5.90. The highest BCUT2D eigenvalue weighted by molar-refractivity contribution is 5.39. The fourth-order valence-corrected chi connectivity index (χ4v) is 1.50. The van der Waals surface area contributed by atoms with Crippen LogP contribution in [0.15, 0.2) is 28.9 Å². The van der Waals surface area contributed by atoms with Crippen LogP contribution in [0.5, 0.6) is 5.95 Å². The SMILES string of the molecule is Cc1cccc(C)c1-[n+]1cc([O-])on1. The maximum absolute atomic E-state index is 10.8. The van der Waals surface area contributed by atoms with Gasteiger partial charge in [0.15, 0.2) is 0 Å². The Balaban J connectivity index is 2.61. The smallest absolute Gasteiger partial charge is 0.245 e. The Labute approximate surface area is 81.4 Å². The fraction of sp³-hybridized carbons (Fsp3) is 0.200. The van der Waals surface area contributed by atoms with Crippen LogP contribution in [-0.4, -0.2) is 5.27 Å². The van der Waals surface area contributed by atoms with Gasteiger partial charge in [0.05, 0.1) is 5.27 Å². The molecule has 0 aliphatic heterocycles. The van der Waals surface area contributed by atoms with Gasteiger partial charge in [0.1, 0.15) is 5.95 Å². The van der Waals surface area contributed by atoms with Gasteiger partial charge in [-0.3, -0.25) is 0 Å². The predicted molar refractivity (Wildman–Crippen MR) is 47.0 cm³/mol. The maximum atomic E-state index is 10.8. The Kier molecular flexibility index (Phi) is 1.96. The van der Waals surface area contributed by atoms with Gasteiger partial charge in [0.25, 0.3) is 0 Å². The molecule has 0 aliphatic carbocycles. The number of hydrogen-bond donors (Lipinski definition) is 0. The molecule has 2 aromatic rings. The van der Waals surface area contributed by atoms with Crippen LogP contribution < -0.4 is 9.79 Å². The highest BCUT2D eigenvalue weighted by Gasteiger charge is 2.15. The van der Waals surface area contributed by atoms with E-state index in [9.17, 15) is 5.11 Å². The van der Waals surface area contributed by atoms with E-state index in [1.54, 1.807) is 0 Å². The molecule has 4 nitrogen and oxygen atoms in total. The van der Waals surface area contributed by atoms with Crippen LogP contribution in [0.1, 0.15) is 11.1 Å². The zero-order valence-electron chi connectivity index (χ0n) is 8.02. The molecule has 1 aromatic heterocycles. The van der Waals surface area contributed by atoms with Crippen LogP contribution in [0.2, 0.25) is 0 Å². The highest BCUT2D eigenvalue weighted by Crippen LogP contribution is 2.12. The Morgan fingerprint density at radius 2 is 1.93 bits per heavy atom. The van der Waals surface area contributed by atoms with E-state index >= 15 is 0 Å². The molecule has 0 atom stereocenters. The first-order valence-electron chi connectivity index (χ1n) is 4.31. The molecule has 0 spiro atoms. The van der Waals surface area contributed by atoms with Gasteiger partial charge in [-0.25, -0.2) is 0 Å². The summed E-state index contributed by atoms with van der Waals surface area (Å²) in [6.07, 6.45) is 1.33. The third-order valence-corrected chi connectivity index (χ3v) is 2.12. The maximum Gasteiger partial charge on any atom is 0.245 e. The molecule has 0 unspecified atom stereocenters. The third-order valence-electron chi connectivity index (χ3n) is 2.12. The Morgan fingerprint density at radius 1 is 1.29 bits per heavy atom. The molecule has 0 aliphatic rings. The zero-order chi connectivity index (χ0) is 10.1. The molecule has 2 rings (SSSR count). The lowest BCUT2D eigenvalue weighted by Gasteiger charge is -1.98. The molecule has 0 fully saturated rings. The van der Waals surface area contributed by atoms with E-state index in [2.05, 4.69) is 9.79 Å². The average Bonchev–Trinajstić information content (AvgIpc) is 2.51. The van der Waals surface area contributed by atoms with E-state index in [0.717, 1.165) is 16.8 Å². The van der Waals surface area contributed by atoms with E-state index in [0.29, 0.717) is 0 Å². The van der Waals surface area contributed by atoms with Gasteiger partial charge in [-0.05, 0) is 18.5 Å². The second kappa shape index (κ2) is 3.14. The Bertz CT molecular complexity index is 443. The largest absolute Gasteiger partial charge is 0.539 e. The molecule has 1 aromatic carbocycles. The first kappa shape index (κ1) is 8.74. The van der Waals surface area contributed by atoms with Gasteiger partial charge in [-0.2, -0.15) is 0 Å². The van der Waals surface area contributed by atoms with Crippen molar-refractivity contribution in [3.63, 3.8) is 0 Å². The van der Waals surface area contributed by atoms with Gasteiger partial charge in [-0.15, -0.1) is 0 Å². The van der Waals surface area contributed by atoms with Crippen LogP contribution >= 0.6 is 0 Å². The minimum Gasteiger partial charge on any atom is -0.539 e. The molecular weight excluding hydrogens is 180 g/mol. The average molecular weight is 190 g/mol. The fourth-order valence-electron chi connectivity index (χ4n) is 1.50. The van der Waals surface area contributed by atoms with Crippen LogP contribution in [-0.2, 0) is 0 Å². The van der Waals surface area contributed by atoms with E-state index in [-0.39, 0.29) is 0 Å². The molecule has 0 saturated heterocycles. The number of aromatic nitrogens is 2. The summed E-state index contributed by atoms with van der Waals surface area (Å²) in [6.45, 7) is 3.93. The Hall–Kier alpha value is -1.84. The number of hydrogen-bond acceptors (Lipinski definition) is 3. The molecule has 14 heavy (non-hydrogen) atoms. The summed E-state index contributed by atoms with van der Waals surface area (Å²) in [5, 5.41) is 14.5. The van der Waals surface area contributed by atoms with Crippen molar-refractivity contribution >= 4 is 0 Å². The summed E-state index contributed by atoms with van der Waals surface area (Å²) >= 11 is 0. The minimum atomic E-state index is -0.437. The van der Waals surface area contributed by atoms with Gasteiger partial charge in [0, 0.05) is 11.1 Å². The van der Waals surface area contributed by atoms with Crippen molar-refractivity contribution in [3.05, 3.63) is 35.5 Å². The first-order valence-corrected chi connectivity index (χ1v) is 4.31. The normalized spacial score (nSPS) is 10.4. The summed E-state index contributed by atoms with van der Waals surface area (Å²) in [4.78, 5) is 0. The molecule has 1 heterocycles. The lowest BCUT2D eigenvalue weighted by Crippen LogP contribution is -2.33. The molecule has 4 heteroatoms. The van der Waals surface area contributed by atoms with Crippen LogP contribution in [0.25, 0.3) is 5.69 Å². The molecule has 72 valence electrons. The summed E-state index contributed by atoms with van der Waals surface area (Å²) in [5.41, 5.74) is 3.02. The van der Waals surface area contributed by atoms with Crippen molar-refractivity contribution in [1.29, 1.82) is 0 Å². The van der Waals surface area contributed by atoms with E-state index in [1.165, 1.54) is 10.9 Å². The molecule has 0 saturated carbocycles. The third kappa shape index (κ3) is 1.35. The summed E-state index contributed by atoms with van der Waals surface area (Å²) in [5.74, 6) is -0.437. The molecular formula is C10H10N2O2. The minimum absolute atomic E-state index is 0.437. The van der Waals surface area contributed by atoms with Gasteiger partial charge >= 0.3 is 0 Å². The number of para-hydroxylation sites is 1. The summed E-state index contributed by atoms with van der Waals surface area (Å²) in [7, 11) is 0. The monoisotopic (exact) mass is 190 g/mol. The van der Waals surface area contributed by atoms with Crippen LogP contribution in [0, 0.1) is 13.8 Å². The molecule has 0 radical (unpaired) electrons. The number of aryl methyl sites for hydroxylation is 2. The Morgan fingerprint density at radius 3 is 2.43 bits per heavy atom. The van der Waals surface area contributed by atoms with Gasteiger partial charge < -0.3 is 9.63 Å². The highest BCUT2D eigenvalue weighted by atomic mass is 16.6. The second-order valence-electron chi connectivity index (χ2n) is 3.21. The lowest BCUT2D eigenvalue weighted by molar-refractivity contribution is -0.671. The van der Waals surface area contributed by atoms with E-state index < -0.39 is 5.95 Å². The first-order chi connectivity index (χ1) is 6.68. The van der Waals surface area contributed by atoms with Crippen LogP contribution in [0.3, 0.4) is 0 Å². The van der Waals surface area contributed by atoms with Crippen molar-refractivity contribution in [2.24, 2.45) is 0 Å². The summed E-state index contributed by atoms with van der Waals surface area (Å²) < 4.78 is 5.95. The van der Waals surface area contributed by atoms with Crippen molar-refractivity contribution in [1.82, 2.24) is 5.27 Å². The quantitative estimate of drug-likeness (QED) is 0.620. The number of rotatable bonds is 1. The van der Waals surface area contributed by atoms with Crippen molar-refractivity contribution in [2.75, 3.05) is 0 Å². The van der Waals surface area contributed by atoms with E-state index in [4.69, 9.17) is 0 Å². The second-order valence-corrected chi connectivity index (χ2v) is 3.21. The van der Waals surface area contributed by atoms with Crippen molar-refractivity contribution in [2.45, 2.75) is 13.8 Å². The van der Waals surface area contributed by atoms with Crippen LogP contribution in [0.4, 0.5) is 0 Å². The van der Waals surface area contributed by atoms with E-state index in [1.807, 2.05) is 32.0 Å². The lowest BCUT2D eigenvalue weighted by atomic mass is 10.1. The predicted octanol–water partition coefficient (Wildman–Crippen LogP) is 0.642. The van der Waals surface area contributed by atoms with Crippen molar-refractivity contribution in [3.8, 4) is 11.6 Å².